The Labute approximate surface area is 129 Å². The molecule has 0 aromatic heterocycles. The Bertz CT molecular complexity index is 492. The van der Waals surface area contributed by atoms with Crippen molar-refractivity contribution in [3.05, 3.63) is 35.4 Å². The molecule has 1 aromatic rings. The molecule has 0 bridgehead atoms. The van der Waals surface area contributed by atoms with Crippen LogP contribution in [0, 0.1) is 0 Å². The van der Waals surface area contributed by atoms with Gasteiger partial charge in [-0.15, -0.1) is 0 Å². The minimum absolute atomic E-state index is 0.357. The second-order valence-electron chi connectivity index (χ2n) is 6.20. The van der Waals surface area contributed by atoms with Crippen molar-refractivity contribution in [3.8, 4) is 0 Å². The molecule has 22 heavy (non-hydrogen) atoms. The maximum atomic E-state index is 12.6. The molecule has 7 heteroatoms. The van der Waals surface area contributed by atoms with Crippen molar-refractivity contribution in [1.29, 1.82) is 0 Å². The zero-order chi connectivity index (χ0) is 17.0. The number of carbonyl (C=O) groups excluding carboxylic acids is 1. The van der Waals surface area contributed by atoms with Crippen molar-refractivity contribution >= 4 is 14.0 Å². The van der Waals surface area contributed by atoms with Gasteiger partial charge in [0.25, 0.3) is 0 Å². The number of esters is 1. The third kappa shape index (κ3) is 5.80. The summed E-state index contributed by atoms with van der Waals surface area (Å²) in [6.07, 6.45) is -5.40. The van der Waals surface area contributed by atoms with E-state index in [9.17, 15) is 18.0 Å². The lowest BCUT2D eigenvalue weighted by Crippen LogP contribution is -2.24. The van der Waals surface area contributed by atoms with Crippen LogP contribution in [-0.2, 0) is 20.4 Å². The molecule has 0 radical (unpaired) electrons. The number of methoxy groups -OCH3 is 1. The predicted molar refractivity (Wildman–Crippen MR) is 80.3 cm³/mol. The lowest BCUT2D eigenvalue weighted by Gasteiger charge is -2.20. The van der Waals surface area contributed by atoms with Gasteiger partial charge in [-0.1, -0.05) is 31.8 Å². The topological polar surface area (TPSA) is 35.5 Å². The van der Waals surface area contributed by atoms with Crippen LogP contribution in [0.3, 0.4) is 0 Å². The minimum Gasteiger partial charge on any atom is -0.467 e. The highest BCUT2D eigenvalue weighted by Crippen LogP contribution is 2.30. The van der Waals surface area contributed by atoms with E-state index in [1.807, 2.05) is 0 Å². The van der Waals surface area contributed by atoms with Crippen molar-refractivity contribution in [2.75, 3.05) is 13.7 Å². The van der Waals surface area contributed by atoms with Gasteiger partial charge in [0, 0.05) is 14.7 Å². The molecular formula is C15H21F3O3Si. The smallest absolute Gasteiger partial charge is 0.416 e. The van der Waals surface area contributed by atoms with E-state index in [4.69, 9.17) is 4.74 Å². The van der Waals surface area contributed by atoms with E-state index in [0.717, 1.165) is 18.2 Å². The molecule has 0 saturated carbocycles. The van der Waals surface area contributed by atoms with Crippen molar-refractivity contribution in [1.82, 2.24) is 0 Å². The summed E-state index contributed by atoms with van der Waals surface area (Å²) in [5.41, 5.74) is -0.405. The van der Waals surface area contributed by atoms with Crippen molar-refractivity contribution in [3.63, 3.8) is 0 Å². The third-order valence-corrected chi connectivity index (χ3v) is 4.80. The Balaban J connectivity index is 2.86. The number of rotatable bonds is 6. The summed E-state index contributed by atoms with van der Waals surface area (Å²) < 4.78 is 47.9. The highest BCUT2D eigenvalue weighted by atomic mass is 28.3. The summed E-state index contributed by atoms with van der Waals surface area (Å²) in [7, 11) is -0.106. The molecule has 0 aliphatic carbocycles. The fourth-order valence-electron chi connectivity index (χ4n) is 1.74. The summed E-state index contributed by atoms with van der Waals surface area (Å²) >= 11 is 0. The number of halogens is 3. The average molecular weight is 334 g/mol. The van der Waals surface area contributed by atoms with E-state index in [2.05, 4.69) is 24.4 Å². The van der Waals surface area contributed by atoms with E-state index in [1.54, 1.807) is 0 Å². The molecule has 0 unspecified atom stereocenters. The molecule has 124 valence electrons. The number of hydrogen-bond acceptors (Lipinski definition) is 3. The van der Waals surface area contributed by atoms with E-state index in [0.29, 0.717) is 12.2 Å². The normalized spacial score (nSPS) is 13.8. The van der Waals surface area contributed by atoms with E-state index < -0.39 is 31.9 Å². The maximum Gasteiger partial charge on any atom is 0.416 e. The summed E-state index contributed by atoms with van der Waals surface area (Å²) in [5, 5.41) is 0. The summed E-state index contributed by atoms with van der Waals surface area (Å²) in [4.78, 5) is 11.8. The van der Waals surface area contributed by atoms with Gasteiger partial charge in [-0.05, 0) is 23.7 Å². The first-order valence-corrected chi connectivity index (χ1v) is 10.6. The Morgan fingerprint density at radius 3 is 2.14 bits per heavy atom. The molecule has 0 aliphatic rings. The molecule has 0 N–H and O–H groups in total. The highest BCUT2D eigenvalue weighted by Gasteiger charge is 2.31. The first-order chi connectivity index (χ1) is 10.0. The van der Waals surface area contributed by atoms with Gasteiger partial charge >= 0.3 is 12.1 Å². The Kier molecular flexibility index (Phi) is 6.19. The number of ether oxygens (including phenoxy) is 2. The Morgan fingerprint density at radius 1 is 1.18 bits per heavy atom. The monoisotopic (exact) mass is 334 g/mol. The highest BCUT2D eigenvalue weighted by molar-refractivity contribution is 6.76. The molecule has 0 heterocycles. The lowest BCUT2D eigenvalue weighted by molar-refractivity contribution is -0.154. The molecule has 3 nitrogen and oxygen atoms in total. The van der Waals surface area contributed by atoms with Crippen LogP contribution in [0.2, 0.25) is 25.7 Å². The number of hydrogen-bond donors (Lipinski definition) is 0. The van der Waals surface area contributed by atoms with Gasteiger partial charge < -0.3 is 9.47 Å². The average Bonchev–Trinajstić information content (AvgIpc) is 2.41. The molecule has 0 fully saturated rings. The van der Waals surface area contributed by atoms with Crippen LogP contribution in [0.4, 0.5) is 13.2 Å². The quantitative estimate of drug-likeness (QED) is 0.575. The van der Waals surface area contributed by atoms with Crippen molar-refractivity contribution in [2.45, 2.75) is 38.0 Å². The molecular weight excluding hydrogens is 313 g/mol. The number of carbonyl (C=O) groups is 1. The lowest BCUT2D eigenvalue weighted by atomic mass is 10.1. The van der Waals surface area contributed by atoms with Gasteiger partial charge in [-0.25, -0.2) is 4.79 Å². The standard InChI is InChI=1S/C15H21F3O3Si/c1-20-14(19)13(21-9-10-22(2,3)4)11-5-7-12(8-6-11)15(16,17)18/h5-8,13H,9-10H2,1-4H3/t13-/m0/s1. The van der Waals surface area contributed by atoms with Gasteiger partial charge in [-0.2, -0.15) is 13.2 Å². The van der Waals surface area contributed by atoms with Crippen LogP contribution in [0.15, 0.2) is 24.3 Å². The fraction of sp³-hybridized carbons (Fsp3) is 0.533. The second-order valence-corrected chi connectivity index (χ2v) is 11.8. The van der Waals surface area contributed by atoms with E-state index >= 15 is 0 Å². The summed E-state index contributed by atoms with van der Waals surface area (Å²) in [6, 6.07) is 5.22. The SMILES string of the molecule is COC(=O)[C@@H](OCC[Si](C)(C)C)c1ccc(C(F)(F)F)cc1. The fourth-order valence-corrected chi connectivity index (χ4v) is 2.47. The largest absolute Gasteiger partial charge is 0.467 e. The Morgan fingerprint density at radius 2 is 1.73 bits per heavy atom. The molecule has 0 aliphatic heterocycles. The van der Waals surface area contributed by atoms with Crippen LogP contribution in [-0.4, -0.2) is 27.8 Å². The van der Waals surface area contributed by atoms with Crippen molar-refractivity contribution < 1.29 is 27.4 Å². The minimum atomic E-state index is -4.40. The van der Waals surface area contributed by atoms with Crippen LogP contribution in [0.25, 0.3) is 0 Å². The maximum absolute atomic E-state index is 12.6. The van der Waals surface area contributed by atoms with Gasteiger partial charge in [0.05, 0.1) is 12.7 Å². The molecule has 1 rings (SSSR count). The second kappa shape index (κ2) is 7.28. The van der Waals surface area contributed by atoms with E-state index in [-0.39, 0.29) is 0 Å². The molecule has 1 aromatic carbocycles. The summed E-state index contributed by atoms with van der Waals surface area (Å²) in [5.74, 6) is -0.615. The van der Waals surface area contributed by atoms with Gasteiger partial charge in [0.2, 0.25) is 0 Å². The predicted octanol–water partition coefficient (Wildman–Crippen LogP) is 4.27. The zero-order valence-electron chi connectivity index (χ0n) is 13.2. The molecule has 0 amide bonds. The first-order valence-electron chi connectivity index (χ1n) is 6.91. The Hall–Kier alpha value is -1.34. The molecule has 0 saturated heterocycles. The van der Waals surface area contributed by atoms with E-state index in [1.165, 1.54) is 19.2 Å². The first kappa shape index (κ1) is 18.7. The van der Waals surface area contributed by atoms with Crippen LogP contribution >= 0.6 is 0 Å². The number of benzene rings is 1. The number of alkyl halides is 3. The van der Waals surface area contributed by atoms with Gasteiger partial charge in [0.1, 0.15) is 0 Å². The van der Waals surface area contributed by atoms with Crippen molar-refractivity contribution in [2.24, 2.45) is 0 Å². The zero-order valence-corrected chi connectivity index (χ0v) is 14.2. The molecule has 0 spiro atoms. The third-order valence-electron chi connectivity index (χ3n) is 3.09. The van der Waals surface area contributed by atoms with Crippen LogP contribution in [0.1, 0.15) is 17.2 Å². The van der Waals surface area contributed by atoms with Gasteiger partial charge in [0.15, 0.2) is 6.10 Å². The van der Waals surface area contributed by atoms with Crippen LogP contribution in [0.5, 0.6) is 0 Å². The molecule has 1 atom stereocenters. The van der Waals surface area contributed by atoms with Crippen LogP contribution < -0.4 is 0 Å². The van der Waals surface area contributed by atoms with Gasteiger partial charge in [-0.3, -0.25) is 0 Å². The summed E-state index contributed by atoms with van der Waals surface area (Å²) in [6.45, 7) is 6.88.